The van der Waals surface area contributed by atoms with Crippen LogP contribution in [0.1, 0.15) is 59.3 Å². The number of nitrogens with one attached hydrogen (secondary N) is 1. The summed E-state index contributed by atoms with van der Waals surface area (Å²) in [5.74, 6) is 0.966. The highest BCUT2D eigenvalue weighted by Gasteiger charge is 2.27. The van der Waals surface area contributed by atoms with Crippen molar-refractivity contribution in [1.29, 1.82) is 0 Å². The third-order valence-corrected chi connectivity index (χ3v) is 9.00. The zero-order valence-corrected chi connectivity index (χ0v) is 23.1. The summed E-state index contributed by atoms with van der Waals surface area (Å²) < 4.78 is 29.6. The maximum atomic E-state index is 13.2. The van der Waals surface area contributed by atoms with E-state index in [2.05, 4.69) is 32.1 Å². The van der Waals surface area contributed by atoms with Crippen LogP contribution in [0.15, 0.2) is 76.6 Å². The van der Waals surface area contributed by atoms with E-state index in [4.69, 9.17) is 4.42 Å². The molecule has 0 bridgehead atoms. The number of aliphatic hydroxyl groups excluding tert-OH is 1. The summed E-state index contributed by atoms with van der Waals surface area (Å²) in [6, 6.07) is 11.2. The van der Waals surface area contributed by atoms with Crippen molar-refractivity contribution in [2.75, 3.05) is 23.8 Å². The molecule has 0 radical (unpaired) electrons. The van der Waals surface area contributed by atoms with Gasteiger partial charge in [0, 0.05) is 37.0 Å². The van der Waals surface area contributed by atoms with E-state index in [1.54, 1.807) is 43.7 Å². The fourth-order valence-corrected chi connectivity index (χ4v) is 5.81. The average Bonchev–Trinajstić information content (AvgIpc) is 3.54. The fraction of sp³-hybridized carbons (Fsp3) is 0.310. The Morgan fingerprint density at radius 1 is 1.12 bits per heavy atom. The van der Waals surface area contributed by atoms with Gasteiger partial charge in [-0.1, -0.05) is 32.0 Å². The van der Waals surface area contributed by atoms with Gasteiger partial charge in [-0.2, -0.15) is 0 Å². The molecule has 5 rings (SSSR count). The number of fused-ring (bicyclic) bond motifs is 1. The van der Waals surface area contributed by atoms with E-state index in [1.165, 1.54) is 24.0 Å². The summed E-state index contributed by atoms with van der Waals surface area (Å²) in [6.07, 6.45) is 7.37. The number of carbonyl (C=O) groups is 1. The largest absolute Gasteiger partial charge is 0.444 e. The van der Waals surface area contributed by atoms with Gasteiger partial charge in [-0.15, -0.1) is 0 Å². The highest BCUT2D eigenvalue weighted by molar-refractivity contribution is 7.91. The Balaban J connectivity index is 1.34. The maximum absolute atomic E-state index is 13.2. The Morgan fingerprint density at radius 3 is 2.50 bits per heavy atom. The lowest BCUT2D eigenvalue weighted by atomic mass is 9.87. The first-order valence-electron chi connectivity index (χ1n) is 13.2. The van der Waals surface area contributed by atoms with Crippen LogP contribution in [0, 0.1) is 0 Å². The van der Waals surface area contributed by atoms with Gasteiger partial charge in [0.1, 0.15) is 6.26 Å². The lowest BCUT2D eigenvalue weighted by Gasteiger charge is -2.34. The van der Waals surface area contributed by atoms with Crippen LogP contribution in [-0.2, 0) is 16.4 Å². The average molecular weight is 562 g/mol. The molecule has 2 aromatic carbocycles. The van der Waals surface area contributed by atoms with Gasteiger partial charge in [-0.25, -0.2) is 23.4 Å². The zero-order chi connectivity index (χ0) is 28.3. The van der Waals surface area contributed by atoms with Gasteiger partial charge in [-0.05, 0) is 47.4 Å². The Hall–Kier alpha value is -4.09. The number of amides is 1. The number of nitrogens with zero attached hydrogens (tertiary/aromatic N) is 4. The van der Waals surface area contributed by atoms with Crippen molar-refractivity contribution < 1.29 is 22.7 Å². The highest BCUT2D eigenvalue weighted by atomic mass is 32.2. The molecule has 1 aliphatic heterocycles. The maximum Gasteiger partial charge on any atom is 0.251 e. The zero-order valence-electron chi connectivity index (χ0n) is 22.3. The van der Waals surface area contributed by atoms with Crippen LogP contribution in [0.2, 0.25) is 0 Å². The van der Waals surface area contributed by atoms with Crippen LogP contribution in [0.5, 0.6) is 0 Å². The minimum Gasteiger partial charge on any atom is -0.444 e. The Kier molecular flexibility index (Phi) is 7.95. The molecule has 2 unspecified atom stereocenters. The first-order chi connectivity index (χ1) is 19.3. The van der Waals surface area contributed by atoms with Gasteiger partial charge in [0.15, 0.2) is 9.84 Å². The SMILES string of the molecule is CCC1CN(c2ncc(-c3ncco3)cn2)Cc2cc(C(=O)NC(CO)c3ccc(S(=O)(=O)CC)cc3)ccc21. The minimum atomic E-state index is -3.34. The van der Waals surface area contributed by atoms with Crippen LogP contribution in [0.4, 0.5) is 5.95 Å². The number of benzene rings is 2. The number of rotatable bonds is 9. The monoisotopic (exact) mass is 561 g/mol. The molecular weight excluding hydrogens is 530 g/mol. The predicted octanol–water partition coefficient (Wildman–Crippen LogP) is 3.90. The molecule has 2 atom stereocenters. The van der Waals surface area contributed by atoms with Gasteiger partial charge in [0.25, 0.3) is 5.91 Å². The quantitative estimate of drug-likeness (QED) is 0.311. The molecule has 0 aliphatic carbocycles. The molecule has 2 N–H and O–H groups in total. The van der Waals surface area contributed by atoms with Crippen LogP contribution >= 0.6 is 0 Å². The molecule has 208 valence electrons. The number of anilines is 1. The smallest absolute Gasteiger partial charge is 0.251 e. The molecule has 1 aliphatic rings. The molecule has 11 heteroatoms. The normalized spacial score (nSPS) is 15.9. The van der Waals surface area contributed by atoms with Crippen LogP contribution in [-0.4, -0.2) is 53.3 Å². The Morgan fingerprint density at radius 2 is 1.88 bits per heavy atom. The van der Waals surface area contributed by atoms with E-state index < -0.39 is 15.9 Å². The first kappa shape index (κ1) is 27.5. The molecule has 4 aromatic rings. The topological polar surface area (TPSA) is 139 Å². The summed E-state index contributed by atoms with van der Waals surface area (Å²) in [5.41, 5.74) is 3.99. The van der Waals surface area contributed by atoms with Gasteiger partial charge in [0.05, 0.1) is 35.1 Å². The third kappa shape index (κ3) is 5.61. The number of aliphatic hydroxyl groups is 1. The van der Waals surface area contributed by atoms with E-state index in [9.17, 15) is 18.3 Å². The van der Waals surface area contributed by atoms with E-state index in [0.29, 0.717) is 35.1 Å². The summed E-state index contributed by atoms with van der Waals surface area (Å²) in [5, 5.41) is 12.9. The summed E-state index contributed by atoms with van der Waals surface area (Å²) in [4.78, 5) is 28.7. The summed E-state index contributed by atoms with van der Waals surface area (Å²) >= 11 is 0. The second-order valence-electron chi connectivity index (χ2n) is 9.69. The number of carbonyl (C=O) groups excluding carboxylic acids is 1. The van der Waals surface area contributed by atoms with Gasteiger partial charge >= 0.3 is 0 Å². The number of aromatic nitrogens is 3. The Labute approximate surface area is 233 Å². The van der Waals surface area contributed by atoms with Crippen LogP contribution in [0.25, 0.3) is 11.5 Å². The summed E-state index contributed by atoms with van der Waals surface area (Å²) in [6.45, 7) is 4.69. The van der Waals surface area contributed by atoms with E-state index in [-0.39, 0.29) is 29.1 Å². The van der Waals surface area contributed by atoms with Crippen molar-refractivity contribution in [3.05, 3.63) is 89.6 Å². The molecule has 3 heterocycles. The summed E-state index contributed by atoms with van der Waals surface area (Å²) in [7, 11) is -3.34. The molecule has 0 saturated heterocycles. The second kappa shape index (κ2) is 11.6. The molecule has 2 aromatic heterocycles. The molecular formula is C29H31N5O5S. The minimum absolute atomic E-state index is 0.00101. The number of hydrogen-bond donors (Lipinski definition) is 2. The molecule has 10 nitrogen and oxygen atoms in total. The predicted molar refractivity (Wildman–Crippen MR) is 150 cm³/mol. The van der Waals surface area contributed by atoms with Gasteiger partial charge in [0.2, 0.25) is 11.8 Å². The van der Waals surface area contributed by atoms with Crippen molar-refractivity contribution >= 4 is 21.7 Å². The first-order valence-corrected chi connectivity index (χ1v) is 14.8. The van der Waals surface area contributed by atoms with Crippen molar-refractivity contribution in [2.45, 2.75) is 43.7 Å². The van der Waals surface area contributed by atoms with Crippen molar-refractivity contribution in [3.63, 3.8) is 0 Å². The third-order valence-electron chi connectivity index (χ3n) is 7.25. The fourth-order valence-electron chi connectivity index (χ4n) is 4.93. The van der Waals surface area contributed by atoms with Crippen LogP contribution in [0.3, 0.4) is 0 Å². The molecule has 0 spiro atoms. The second-order valence-corrected chi connectivity index (χ2v) is 12.0. The molecule has 0 fully saturated rings. The van der Waals surface area contributed by atoms with Crippen molar-refractivity contribution in [3.8, 4) is 11.5 Å². The van der Waals surface area contributed by atoms with E-state index >= 15 is 0 Å². The lowest BCUT2D eigenvalue weighted by Crippen LogP contribution is -2.35. The number of sulfone groups is 1. The van der Waals surface area contributed by atoms with Crippen molar-refractivity contribution in [2.24, 2.45) is 0 Å². The van der Waals surface area contributed by atoms with Gasteiger partial charge in [-0.3, -0.25) is 4.79 Å². The number of hydrogen-bond acceptors (Lipinski definition) is 9. The van der Waals surface area contributed by atoms with E-state index in [0.717, 1.165) is 18.5 Å². The van der Waals surface area contributed by atoms with Gasteiger partial charge < -0.3 is 19.7 Å². The van der Waals surface area contributed by atoms with E-state index in [1.807, 2.05) is 12.1 Å². The Bertz CT molecular complexity index is 1570. The standard InChI is InChI=1S/C29H31N5O5S/c1-3-19-16-34(29-31-14-23(15-32-29)28-30-11-12-39-28)17-22-13-21(7-10-25(19)22)27(36)33-26(18-35)20-5-8-24(9-6-20)40(37,38)4-2/h5-15,19,26,35H,3-4,16-18H2,1-2H3,(H,33,36). The van der Waals surface area contributed by atoms with Crippen LogP contribution < -0.4 is 10.2 Å². The highest BCUT2D eigenvalue weighted by Crippen LogP contribution is 2.33. The molecule has 0 saturated carbocycles. The lowest BCUT2D eigenvalue weighted by molar-refractivity contribution is 0.0916. The molecule has 1 amide bonds. The molecule has 40 heavy (non-hydrogen) atoms. The number of oxazole rings is 1. The van der Waals surface area contributed by atoms with Crippen molar-refractivity contribution in [1.82, 2.24) is 20.3 Å².